The fraction of sp³-hybridized carbons (Fsp3) is 0.567. The van der Waals surface area contributed by atoms with E-state index in [-0.39, 0.29) is 11.3 Å². The molecule has 1 aromatic carbocycles. The Hall–Kier alpha value is -2.93. The van der Waals surface area contributed by atoms with Gasteiger partial charge in [-0.25, -0.2) is 0 Å². The highest BCUT2D eigenvalue weighted by atomic mass is 16.5. The molecule has 0 radical (unpaired) electrons. The van der Waals surface area contributed by atoms with Gasteiger partial charge < -0.3 is 19.4 Å². The van der Waals surface area contributed by atoms with Crippen LogP contribution < -0.4 is 9.64 Å². The van der Waals surface area contributed by atoms with E-state index in [0.29, 0.717) is 31.7 Å². The van der Waals surface area contributed by atoms with Crippen molar-refractivity contribution in [1.29, 1.82) is 0 Å². The Labute approximate surface area is 220 Å². The van der Waals surface area contributed by atoms with Crippen LogP contribution in [-0.4, -0.2) is 78.1 Å². The Balaban J connectivity index is 1.27. The van der Waals surface area contributed by atoms with Crippen LogP contribution in [0.4, 0.5) is 5.82 Å². The molecule has 4 aliphatic rings. The van der Waals surface area contributed by atoms with Crippen molar-refractivity contribution in [2.24, 2.45) is 5.41 Å². The molecule has 2 aliphatic carbocycles. The molecule has 3 heterocycles. The number of anilines is 1. The molecule has 2 unspecified atom stereocenters. The summed E-state index contributed by atoms with van der Waals surface area (Å²) in [7, 11) is 2.18. The van der Waals surface area contributed by atoms with Crippen LogP contribution >= 0.6 is 0 Å². The number of aromatic nitrogens is 2. The van der Waals surface area contributed by atoms with Gasteiger partial charge in [0.25, 0.3) is 0 Å². The van der Waals surface area contributed by atoms with E-state index in [1.54, 1.807) is 0 Å². The first-order valence-corrected chi connectivity index (χ1v) is 14.0. The summed E-state index contributed by atoms with van der Waals surface area (Å²) < 4.78 is 6.30. The first-order chi connectivity index (χ1) is 18.0. The minimum atomic E-state index is 0.00796. The predicted octanol–water partition coefficient (Wildman–Crippen LogP) is 3.45. The van der Waals surface area contributed by atoms with Crippen molar-refractivity contribution in [2.75, 3.05) is 51.3 Å². The molecule has 7 heteroatoms. The number of benzene rings is 1. The average molecular weight is 502 g/mol. The molecule has 2 saturated heterocycles. The normalized spacial score (nSPS) is 25.6. The van der Waals surface area contributed by atoms with Crippen LogP contribution in [0.2, 0.25) is 0 Å². The summed E-state index contributed by atoms with van der Waals surface area (Å²) in [5.41, 5.74) is 5.76. The number of likely N-dealkylation sites (tertiary alicyclic amines) is 1. The molecule has 1 aromatic heterocycles. The zero-order valence-electron chi connectivity index (χ0n) is 22.1. The van der Waals surface area contributed by atoms with Crippen LogP contribution in [0.1, 0.15) is 48.1 Å². The largest absolute Gasteiger partial charge is 0.462 e. The Morgan fingerprint density at radius 2 is 1.86 bits per heavy atom. The van der Waals surface area contributed by atoms with Gasteiger partial charge in [-0.3, -0.25) is 4.79 Å². The van der Waals surface area contributed by atoms with Crippen LogP contribution in [-0.2, 0) is 30.5 Å². The third kappa shape index (κ3) is 4.86. The van der Waals surface area contributed by atoms with Gasteiger partial charge in [-0.1, -0.05) is 30.8 Å². The lowest BCUT2D eigenvalue weighted by Gasteiger charge is -2.43. The van der Waals surface area contributed by atoms with Crippen molar-refractivity contribution in [3.8, 4) is 6.01 Å². The highest BCUT2D eigenvalue weighted by Gasteiger charge is 2.40. The second-order valence-corrected chi connectivity index (χ2v) is 11.5. The molecule has 2 fully saturated rings. The number of carbonyl (C=O) groups excluding carboxylic acids is 1. The van der Waals surface area contributed by atoms with Gasteiger partial charge >= 0.3 is 6.01 Å². The van der Waals surface area contributed by atoms with Gasteiger partial charge in [0.1, 0.15) is 12.4 Å². The molecule has 37 heavy (non-hydrogen) atoms. The number of hydrogen-bond donors (Lipinski definition) is 0. The number of nitrogens with zero attached hydrogens (tertiary/aromatic N) is 5. The third-order valence-corrected chi connectivity index (χ3v) is 9.25. The molecule has 0 bridgehead atoms. The number of amides is 1. The van der Waals surface area contributed by atoms with Gasteiger partial charge in [0, 0.05) is 37.8 Å². The van der Waals surface area contributed by atoms with E-state index >= 15 is 0 Å². The van der Waals surface area contributed by atoms with Crippen molar-refractivity contribution < 1.29 is 9.53 Å². The molecule has 196 valence electrons. The number of aryl methyl sites for hydroxylation is 1. The third-order valence-electron chi connectivity index (χ3n) is 9.25. The van der Waals surface area contributed by atoms with Crippen molar-refractivity contribution in [3.63, 3.8) is 0 Å². The Morgan fingerprint density at radius 1 is 1.08 bits per heavy atom. The first-order valence-electron chi connectivity index (χ1n) is 14.0. The van der Waals surface area contributed by atoms with E-state index in [9.17, 15) is 4.79 Å². The molecular weight excluding hydrogens is 462 g/mol. The summed E-state index contributed by atoms with van der Waals surface area (Å²) in [6, 6.07) is 9.90. The number of fused-ring (bicyclic) bond motifs is 2. The zero-order valence-corrected chi connectivity index (χ0v) is 22.1. The van der Waals surface area contributed by atoms with E-state index in [4.69, 9.17) is 14.7 Å². The maximum atomic E-state index is 12.1. The van der Waals surface area contributed by atoms with Crippen molar-refractivity contribution in [3.05, 3.63) is 59.3 Å². The summed E-state index contributed by atoms with van der Waals surface area (Å²) in [5, 5.41) is 0. The van der Waals surface area contributed by atoms with Crippen LogP contribution in [0.25, 0.3) is 0 Å². The summed E-state index contributed by atoms with van der Waals surface area (Å²) >= 11 is 0. The fourth-order valence-corrected chi connectivity index (χ4v) is 6.92. The smallest absolute Gasteiger partial charge is 0.318 e. The summed E-state index contributed by atoms with van der Waals surface area (Å²) in [5.74, 6) is 1.03. The highest BCUT2D eigenvalue weighted by molar-refractivity contribution is 5.87. The quantitative estimate of drug-likeness (QED) is 0.585. The Kier molecular flexibility index (Phi) is 6.65. The zero-order chi connectivity index (χ0) is 25.4. The molecule has 2 aromatic rings. The van der Waals surface area contributed by atoms with E-state index in [1.165, 1.54) is 47.7 Å². The fourth-order valence-electron chi connectivity index (χ4n) is 6.92. The lowest BCUT2D eigenvalue weighted by molar-refractivity contribution is -0.126. The SMILES string of the molecule is C=CC(=O)N1CCN(c2nc(OCC3CCCN3C)nc3c2CCC2(CCc4ccccc4C2)C3)CC1. The van der Waals surface area contributed by atoms with Gasteiger partial charge in [0.05, 0.1) is 5.69 Å². The van der Waals surface area contributed by atoms with Crippen molar-refractivity contribution >= 4 is 11.7 Å². The number of ether oxygens (including phenoxy) is 1. The van der Waals surface area contributed by atoms with Gasteiger partial charge in [-0.05, 0) is 87.6 Å². The molecule has 2 atom stereocenters. The topological polar surface area (TPSA) is 61.8 Å². The molecule has 1 spiro atoms. The lowest BCUT2D eigenvalue weighted by Crippen LogP contribution is -2.49. The second kappa shape index (κ2) is 10.1. The van der Waals surface area contributed by atoms with Gasteiger partial charge in [-0.15, -0.1) is 0 Å². The molecule has 6 rings (SSSR count). The predicted molar refractivity (Wildman–Crippen MR) is 145 cm³/mol. The molecule has 1 amide bonds. The molecule has 0 saturated carbocycles. The minimum Gasteiger partial charge on any atom is -0.462 e. The van der Waals surface area contributed by atoms with Gasteiger partial charge in [0.2, 0.25) is 5.91 Å². The lowest BCUT2D eigenvalue weighted by atomic mass is 9.63. The van der Waals surface area contributed by atoms with Crippen molar-refractivity contribution in [2.45, 2.75) is 57.4 Å². The Bertz CT molecular complexity index is 1170. The monoisotopic (exact) mass is 501 g/mol. The summed E-state index contributed by atoms with van der Waals surface area (Å²) in [6.45, 7) is 8.33. The van der Waals surface area contributed by atoms with E-state index in [1.807, 2.05) is 4.90 Å². The van der Waals surface area contributed by atoms with E-state index < -0.39 is 0 Å². The second-order valence-electron chi connectivity index (χ2n) is 11.5. The minimum absolute atomic E-state index is 0.00796. The maximum Gasteiger partial charge on any atom is 0.318 e. The average Bonchev–Trinajstić information content (AvgIpc) is 3.35. The number of piperazine rings is 1. The first kappa shape index (κ1) is 24.4. The number of hydrogen-bond acceptors (Lipinski definition) is 6. The number of likely N-dealkylation sites (N-methyl/N-ethyl adjacent to an activating group) is 1. The number of carbonyl (C=O) groups is 1. The standard InChI is InChI=1S/C30H39N5O2/c1-3-27(36)34-15-17-35(18-16-34)28-25-11-13-30(12-10-22-7-4-5-8-23(22)19-30)20-26(25)31-29(32-28)37-21-24-9-6-14-33(24)2/h3-5,7-8,24H,1,6,9-21H2,2H3. The maximum absolute atomic E-state index is 12.1. The van der Waals surface area contributed by atoms with Crippen LogP contribution in [0.5, 0.6) is 6.01 Å². The number of rotatable bonds is 5. The van der Waals surface area contributed by atoms with Gasteiger partial charge in [0.15, 0.2) is 0 Å². The van der Waals surface area contributed by atoms with Crippen LogP contribution in [0.3, 0.4) is 0 Å². The van der Waals surface area contributed by atoms with Crippen LogP contribution in [0, 0.1) is 5.41 Å². The molecule has 0 N–H and O–H groups in total. The molecule has 2 aliphatic heterocycles. The van der Waals surface area contributed by atoms with E-state index in [2.05, 4.69) is 47.7 Å². The van der Waals surface area contributed by atoms with Crippen molar-refractivity contribution in [1.82, 2.24) is 19.8 Å². The highest BCUT2D eigenvalue weighted by Crippen LogP contribution is 2.46. The summed E-state index contributed by atoms with van der Waals surface area (Å²) in [4.78, 5) is 28.8. The summed E-state index contributed by atoms with van der Waals surface area (Å²) in [6.07, 6.45) is 10.5. The molecular formula is C30H39N5O2. The van der Waals surface area contributed by atoms with E-state index in [0.717, 1.165) is 57.6 Å². The molecule has 7 nitrogen and oxygen atoms in total. The van der Waals surface area contributed by atoms with Gasteiger partial charge in [-0.2, -0.15) is 9.97 Å². The van der Waals surface area contributed by atoms with Crippen LogP contribution in [0.15, 0.2) is 36.9 Å². The Morgan fingerprint density at radius 3 is 2.62 bits per heavy atom.